The molecule has 0 aliphatic carbocycles. The van der Waals surface area contributed by atoms with Crippen LogP contribution in [-0.4, -0.2) is 68.5 Å². The summed E-state index contributed by atoms with van der Waals surface area (Å²) in [7, 11) is 3.26. The van der Waals surface area contributed by atoms with Crippen molar-refractivity contribution in [1.82, 2.24) is 0 Å². The van der Waals surface area contributed by atoms with E-state index in [1.165, 1.54) is 18.7 Å². The van der Waals surface area contributed by atoms with E-state index in [9.17, 15) is 4.79 Å². The van der Waals surface area contributed by atoms with Crippen LogP contribution >= 0.6 is 35.0 Å². The van der Waals surface area contributed by atoms with Gasteiger partial charge in [-0.15, -0.1) is 0 Å². The van der Waals surface area contributed by atoms with Crippen LogP contribution < -0.4 is 9.47 Å². The third kappa shape index (κ3) is 9.79. The fourth-order valence-corrected chi connectivity index (χ4v) is 7.61. The molecule has 2 fully saturated rings. The standard InChI is InChI=1S/C36H42Cl2O9S/c1-21-34(46-23(3)39)30(42-19-24-9-13-26(40-4)14-10-24)17-32(44-21)47-35-22(2)45-33(48-36-28(37)7-6-8-29(36)38)18-31(35)43-20-25-11-15-27(41-5)16-12-25/h6-16,21-22,30-35H,17-20H2,1-5H3/t21-,22-,30-,31-,32-,33-,34+,35+/m0/s1. The molecule has 2 aliphatic rings. The van der Waals surface area contributed by atoms with Gasteiger partial charge in [0.1, 0.15) is 29.1 Å². The van der Waals surface area contributed by atoms with Gasteiger partial charge in [0.25, 0.3) is 0 Å². The molecule has 260 valence electrons. The quantitative estimate of drug-likeness (QED) is 0.163. The van der Waals surface area contributed by atoms with Crippen LogP contribution in [0.3, 0.4) is 0 Å². The number of benzene rings is 3. The molecular weight excluding hydrogens is 679 g/mol. The molecular formula is C36H42Cl2O9S. The van der Waals surface area contributed by atoms with E-state index < -0.39 is 36.7 Å². The Balaban J connectivity index is 1.31. The SMILES string of the molecule is COc1ccc(CO[C@H]2C[C@H](O[C@@H]3[C@H](C)O[C@@H](Sc4c(Cl)cccc4Cl)C[C@@H]3OCc3ccc(OC)cc3)O[C@@H](C)[C@H]2OC(C)=O)cc1. The highest BCUT2D eigenvalue weighted by molar-refractivity contribution is 8.00. The fourth-order valence-electron chi connectivity index (χ4n) is 5.80. The summed E-state index contributed by atoms with van der Waals surface area (Å²) in [4.78, 5) is 12.8. The van der Waals surface area contributed by atoms with Gasteiger partial charge in [-0.05, 0) is 61.4 Å². The fraction of sp³-hybridized carbons (Fsp3) is 0.472. The molecule has 0 spiro atoms. The van der Waals surface area contributed by atoms with Gasteiger partial charge < -0.3 is 37.9 Å². The molecule has 2 aliphatic heterocycles. The van der Waals surface area contributed by atoms with Gasteiger partial charge >= 0.3 is 5.97 Å². The molecule has 2 heterocycles. The van der Waals surface area contributed by atoms with Crippen LogP contribution in [0.2, 0.25) is 10.0 Å². The predicted octanol–water partition coefficient (Wildman–Crippen LogP) is 7.86. The van der Waals surface area contributed by atoms with Gasteiger partial charge in [0, 0.05) is 24.7 Å². The van der Waals surface area contributed by atoms with Gasteiger partial charge in [-0.3, -0.25) is 4.79 Å². The van der Waals surface area contributed by atoms with Crippen molar-refractivity contribution in [1.29, 1.82) is 0 Å². The van der Waals surface area contributed by atoms with Crippen molar-refractivity contribution in [3.8, 4) is 11.5 Å². The van der Waals surface area contributed by atoms with Crippen molar-refractivity contribution in [2.45, 2.75) is 100 Å². The van der Waals surface area contributed by atoms with Gasteiger partial charge in [0.15, 0.2) is 12.4 Å². The van der Waals surface area contributed by atoms with Crippen LogP contribution in [0, 0.1) is 0 Å². The number of carbonyl (C=O) groups is 1. The van der Waals surface area contributed by atoms with Crippen LogP contribution in [0.4, 0.5) is 0 Å². The van der Waals surface area contributed by atoms with Gasteiger partial charge in [0.2, 0.25) is 0 Å². The minimum Gasteiger partial charge on any atom is -0.497 e. The van der Waals surface area contributed by atoms with Gasteiger partial charge in [-0.1, -0.05) is 65.3 Å². The Labute approximate surface area is 296 Å². The normalized spacial score (nSPS) is 27.3. The summed E-state index contributed by atoms with van der Waals surface area (Å²) in [5.74, 6) is 1.12. The molecule has 5 rings (SSSR count). The molecule has 12 heteroatoms. The van der Waals surface area contributed by atoms with Crippen LogP contribution in [0.1, 0.15) is 44.7 Å². The first-order valence-corrected chi connectivity index (χ1v) is 17.5. The zero-order valence-electron chi connectivity index (χ0n) is 27.6. The van der Waals surface area contributed by atoms with Crippen molar-refractivity contribution in [3.63, 3.8) is 0 Å². The first-order chi connectivity index (χ1) is 23.1. The number of hydrogen-bond acceptors (Lipinski definition) is 10. The molecule has 8 atom stereocenters. The molecule has 0 saturated carbocycles. The molecule has 0 unspecified atom stereocenters. The molecule has 0 bridgehead atoms. The number of rotatable bonds is 13. The Morgan fingerprint density at radius 3 is 1.81 bits per heavy atom. The second-order valence-electron chi connectivity index (χ2n) is 11.8. The number of carbonyl (C=O) groups excluding carboxylic acids is 1. The third-order valence-corrected chi connectivity index (χ3v) is 10.4. The smallest absolute Gasteiger partial charge is 0.303 e. The first-order valence-electron chi connectivity index (χ1n) is 15.9. The summed E-state index contributed by atoms with van der Waals surface area (Å²) in [5.41, 5.74) is 1.65. The summed E-state index contributed by atoms with van der Waals surface area (Å²) < 4.78 is 48.6. The molecule has 2 saturated heterocycles. The lowest BCUT2D eigenvalue weighted by Gasteiger charge is -2.44. The van der Waals surface area contributed by atoms with E-state index in [0.717, 1.165) is 27.5 Å². The Morgan fingerprint density at radius 2 is 1.29 bits per heavy atom. The maximum atomic E-state index is 12.0. The number of hydrogen-bond donors (Lipinski definition) is 0. The third-order valence-electron chi connectivity index (χ3n) is 8.27. The summed E-state index contributed by atoms with van der Waals surface area (Å²) in [6.07, 6.45) is -2.62. The van der Waals surface area contributed by atoms with E-state index in [1.54, 1.807) is 14.2 Å². The van der Waals surface area contributed by atoms with Crippen LogP contribution in [0.15, 0.2) is 71.6 Å². The second-order valence-corrected chi connectivity index (χ2v) is 13.7. The molecule has 3 aromatic rings. The van der Waals surface area contributed by atoms with E-state index in [4.69, 9.17) is 61.1 Å². The molecule has 0 radical (unpaired) electrons. The molecule has 0 amide bonds. The number of esters is 1. The van der Waals surface area contributed by atoms with Crippen LogP contribution in [-0.2, 0) is 46.4 Å². The molecule has 9 nitrogen and oxygen atoms in total. The van der Waals surface area contributed by atoms with Crippen molar-refractivity contribution < 1.29 is 42.7 Å². The van der Waals surface area contributed by atoms with Crippen molar-refractivity contribution in [2.75, 3.05) is 14.2 Å². The monoisotopic (exact) mass is 720 g/mol. The van der Waals surface area contributed by atoms with Crippen LogP contribution in [0.25, 0.3) is 0 Å². The van der Waals surface area contributed by atoms with Gasteiger partial charge in [0.05, 0.1) is 55.8 Å². The van der Waals surface area contributed by atoms with E-state index in [-0.39, 0.29) is 17.6 Å². The van der Waals surface area contributed by atoms with Gasteiger partial charge in [-0.2, -0.15) is 0 Å². The van der Waals surface area contributed by atoms with E-state index in [1.807, 2.05) is 80.6 Å². The zero-order chi connectivity index (χ0) is 34.2. The van der Waals surface area contributed by atoms with Crippen molar-refractivity contribution in [3.05, 3.63) is 87.9 Å². The molecule has 48 heavy (non-hydrogen) atoms. The number of methoxy groups -OCH3 is 2. The summed E-state index contributed by atoms with van der Waals surface area (Å²) >= 11 is 14.5. The van der Waals surface area contributed by atoms with Crippen LogP contribution in [0.5, 0.6) is 11.5 Å². The average molecular weight is 722 g/mol. The number of halogens is 2. The van der Waals surface area contributed by atoms with E-state index >= 15 is 0 Å². The lowest BCUT2D eigenvalue weighted by atomic mass is 10.00. The largest absolute Gasteiger partial charge is 0.497 e. The molecule has 0 aromatic heterocycles. The lowest BCUT2D eigenvalue weighted by Crippen LogP contribution is -2.55. The molecule has 0 N–H and O–H groups in total. The van der Waals surface area contributed by atoms with Gasteiger partial charge in [-0.25, -0.2) is 0 Å². The van der Waals surface area contributed by atoms with E-state index in [0.29, 0.717) is 36.1 Å². The highest BCUT2D eigenvalue weighted by atomic mass is 35.5. The summed E-state index contributed by atoms with van der Waals surface area (Å²) in [6.45, 7) is 5.86. The zero-order valence-corrected chi connectivity index (χ0v) is 30.0. The number of ether oxygens (including phenoxy) is 8. The first kappa shape index (κ1) is 36.7. The minimum atomic E-state index is -0.668. The second kappa shape index (κ2) is 17.4. The minimum absolute atomic E-state index is 0.293. The maximum absolute atomic E-state index is 12.0. The van der Waals surface area contributed by atoms with Crippen molar-refractivity contribution >= 4 is 40.9 Å². The topological polar surface area (TPSA) is 90.9 Å². The predicted molar refractivity (Wildman–Crippen MR) is 184 cm³/mol. The van der Waals surface area contributed by atoms with Crippen molar-refractivity contribution in [2.24, 2.45) is 0 Å². The Morgan fingerprint density at radius 1 is 0.771 bits per heavy atom. The lowest BCUT2D eigenvalue weighted by molar-refractivity contribution is -0.299. The molecule has 3 aromatic carbocycles. The average Bonchev–Trinajstić information content (AvgIpc) is 3.07. The highest BCUT2D eigenvalue weighted by Gasteiger charge is 2.45. The Kier molecular flexibility index (Phi) is 13.3. The Bertz CT molecular complexity index is 1460. The van der Waals surface area contributed by atoms with E-state index in [2.05, 4.69) is 0 Å². The Hall–Kier alpha value is -2.54. The number of thioether (sulfide) groups is 1. The highest BCUT2D eigenvalue weighted by Crippen LogP contribution is 2.42. The summed E-state index contributed by atoms with van der Waals surface area (Å²) in [5, 5.41) is 1.12. The summed E-state index contributed by atoms with van der Waals surface area (Å²) in [6, 6.07) is 20.8. The maximum Gasteiger partial charge on any atom is 0.303 e.